The number of halogens is 2. The van der Waals surface area contributed by atoms with E-state index in [1.165, 1.54) is 23.0 Å². The number of nitrogens with zero attached hydrogens (tertiary/aromatic N) is 4. The Kier molecular flexibility index (Phi) is 4.43. The number of carbonyl (C=O) groups is 2. The van der Waals surface area contributed by atoms with Gasteiger partial charge in [-0.2, -0.15) is 5.10 Å². The van der Waals surface area contributed by atoms with Gasteiger partial charge in [0.25, 0.3) is 11.8 Å². The molecule has 0 aromatic carbocycles. The molecule has 0 atom stereocenters. The van der Waals surface area contributed by atoms with Crippen molar-refractivity contribution in [2.45, 2.75) is 0 Å². The van der Waals surface area contributed by atoms with Crippen molar-refractivity contribution >= 4 is 40.7 Å². The Morgan fingerprint density at radius 3 is 2.56 bits per heavy atom. The van der Waals surface area contributed by atoms with Crippen LogP contribution in [0.1, 0.15) is 21.0 Å². The molecule has 128 valence electrons. The van der Waals surface area contributed by atoms with Gasteiger partial charge in [0.05, 0.1) is 5.69 Å². The van der Waals surface area contributed by atoms with Gasteiger partial charge in [-0.25, -0.2) is 9.97 Å². The molecule has 0 aliphatic carbocycles. The van der Waals surface area contributed by atoms with Crippen LogP contribution in [0.2, 0.25) is 10.3 Å². The molecule has 3 N–H and O–H groups in total. The third kappa shape index (κ3) is 3.62. The lowest BCUT2D eigenvalue weighted by atomic mass is 10.3. The Hall–Kier alpha value is -2.91. The summed E-state index contributed by atoms with van der Waals surface area (Å²) in [6.07, 6.45) is 2.61. The third-order valence-electron chi connectivity index (χ3n) is 3.06. The fourth-order valence-electron chi connectivity index (χ4n) is 2.05. The molecule has 3 heterocycles. The fourth-order valence-corrected chi connectivity index (χ4v) is 2.51. The van der Waals surface area contributed by atoms with Crippen molar-refractivity contribution in [3.8, 4) is 11.5 Å². The second-order valence-electron chi connectivity index (χ2n) is 4.92. The van der Waals surface area contributed by atoms with Crippen LogP contribution < -0.4 is 11.1 Å². The first kappa shape index (κ1) is 16.9. The molecule has 0 bridgehead atoms. The number of rotatable bonds is 4. The van der Waals surface area contributed by atoms with Crippen molar-refractivity contribution in [1.82, 2.24) is 19.7 Å². The van der Waals surface area contributed by atoms with E-state index in [2.05, 4.69) is 20.4 Å². The topological polar surface area (TPSA) is 129 Å². The quantitative estimate of drug-likeness (QED) is 0.666. The lowest BCUT2D eigenvalue weighted by Gasteiger charge is -2.00. The summed E-state index contributed by atoms with van der Waals surface area (Å²) in [5, 5.41) is 6.70. The van der Waals surface area contributed by atoms with E-state index in [0.717, 1.165) is 6.26 Å². The first-order valence-corrected chi connectivity index (χ1v) is 7.53. The fraction of sp³-hybridized carbons (Fsp3) is 0.0714. The average molecular weight is 381 g/mol. The summed E-state index contributed by atoms with van der Waals surface area (Å²) in [6, 6.07) is 2.99. The van der Waals surface area contributed by atoms with Crippen LogP contribution in [0.4, 0.5) is 5.69 Å². The first-order valence-electron chi connectivity index (χ1n) is 6.77. The number of aryl methyl sites for hydroxylation is 1. The standard InChI is InChI=1S/C14H10Cl2N6O3/c1-22-4-7(11(21-22)12(17)23)18-13(24)8-5-25-14(19-8)6-2-9(15)20-10(16)3-6/h2-5H,1H3,(H2,17,23)(H,18,24). The molecule has 3 rings (SSSR count). The highest BCUT2D eigenvalue weighted by Crippen LogP contribution is 2.24. The summed E-state index contributed by atoms with van der Waals surface area (Å²) in [6.45, 7) is 0. The normalized spacial score (nSPS) is 10.7. The van der Waals surface area contributed by atoms with Crippen molar-refractivity contribution in [2.24, 2.45) is 12.8 Å². The summed E-state index contributed by atoms with van der Waals surface area (Å²) in [7, 11) is 1.59. The van der Waals surface area contributed by atoms with E-state index in [-0.39, 0.29) is 33.3 Å². The van der Waals surface area contributed by atoms with Crippen LogP contribution in [-0.4, -0.2) is 31.6 Å². The SMILES string of the molecule is Cn1cc(NC(=O)c2coc(-c3cc(Cl)nc(Cl)c3)n2)c(C(N)=O)n1. The van der Waals surface area contributed by atoms with Crippen molar-refractivity contribution in [3.63, 3.8) is 0 Å². The number of pyridine rings is 1. The molecule has 11 heteroatoms. The van der Waals surface area contributed by atoms with Crippen LogP contribution in [0, 0.1) is 0 Å². The number of anilines is 1. The minimum absolute atomic E-state index is 0.0154. The van der Waals surface area contributed by atoms with Gasteiger partial charge >= 0.3 is 0 Å². The Bertz CT molecular complexity index is 961. The predicted molar refractivity (Wildman–Crippen MR) is 89.4 cm³/mol. The molecule has 0 saturated carbocycles. The second-order valence-corrected chi connectivity index (χ2v) is 5.70. The van der Waals surface area contributed by atoms with Gasteiger partial charge in [-0.05, 0) is 12.1 Å². The van der Waals surface area contributed by atoms with E-state index in [4.69, 9.17) is 33.4 Å². The maximum absolute atomic E-state index is 12.3. The molecule has 3 aromatic rings. The van der Waals surface area contributed by atoms with E-state index in [9.17, 15) is 9.59 Å². The zero-order valence-corrected chi connectivity index (χ0v) is 14.2. The average Bonchev–Trinajstić information content (AvgIpc) is 3.13. The summed E-state index contributed by atoms with van der Waals surface area (Å²) in [5.41, 5.74) is 5.77. The highest BCUT2D eigenvalue weighted by molar-refractivity contribution is 6.32. The summed E-state index contributed by atoms with van der Waals surface area (Å²) in [4.78, 5) is 31.5. The Balaban J connectivity index is 1.85. The number of carbonyl (C=O) groups excluding carboxylic acids is 2. The summed E-state index contributed by atoms with van der Waals surface area (Å²) in [5.74, 6) is -1.23. The van der Waals surface area contributed by atoms with Gasteiger partial charge < -0.3 is 15.5 Å². The molecule has 0 spiro atoms. The van der Waals surface area contributed by atoms with Gasteiger partial charge in [0.15, 0.2) is 11.4 Å². The number of hydrogen-bond donors (Lipinski definition) is 2. The largest absolute Gasteiger partial charge is 0.444 e. The van der Waals surface area contributed by atoms with E-state index < -0.39 is 11.8 Å². The van der Waals surface area contributed by atoms with E-state index >= 15 is 0 Å². The van der Waals surface area contributed by atoms with Gasteiger partial charge in [-0.3, -0.25) is 14.3 Å². The zero-order valence-electron chi connectivity index (χ0n) is 12.7. The number of nitrogens with two attached hydrogens (primary N) is 1. The van der Waals surface area contributed by atoms with Crippen LogP contribution in [-0.2, 0) is 7.05 Å². The number of amides is 2. The molecule has 0 aliphatic heterocycles. The number of primary amides is 1. The van der Waals surface area contributed by atoms with E-state index in [0.29, 0.717) is 5.56 Å². The maximum Gasteiger partial charge on any atom is 0.277 e. The van der Waals surface area contributed by atoms with Crippen LogP contribution in [0.15, 0.2) is 29.0 Å². The van der Waals surface area contributed by atoms with Gasteiger partial charge in [0.2, 0.25) is 5.89 Å². The molecule has 0 aliphatic rings. The van der Waals surface area contributed by atoms with Crippen molar-refractivity contribution in [2.75, 3.05) is 5.32 Å². The van der Waals surface area contributed by atoms with Crippen molar-refractivity contribution in [1.29, 1.82) is 0 Å². The van der Waals surface area contributed by atoms with Gasteiger partial charge in [-0.1, -0.05) is 23.2 Å². The lowest BCUT2D eigenvalue weighted by molar-refractivity contribution is 0.0995. The van der Waals surface area contributed by atoms with Gasteiger partial charge in [0, 0.05) is 18.8 Å². The van der Waals surface area contributed by atoms with Gasteiger partial charge in [-0.15, -0.1) is 0 Å². The van der Waals surface area contributed by atoms with Gasteiger partial charge in [0.1, 0.15) is 16.6 Å². The molecule has 0 radical (unpaired) electrons. The van der Waals surface area contributed by atoms with Crippen molar-refractivity contribution in [3.05, 3.63) is 46.3 Å². The molecule has 25 heavy (non-hydrogen) atoms. The number of oxazole rings is 1. The smallest absolute Gasteiger partial charge is 0.277 e. The summed E-state index contributed by atoms with van der Waals surface area (Å²) >= 11 is 11.7. The Morgan fingerprint density at radius 1 is 1.24 bits per heavy atom. The molecule has 3 aromatic heterocycles. The summed E-state index contributed by atoms with van der Waals surface area (Å²) < 4.78 is 6.63. The maximum atomic E-state index is 12.3. The van der Waals surface area contributed by atoms with Crippen LogP contribution >= 0.6 is 23.2 Å². The first-order chi connectivity index (χ1) is 11.8. The molecular weight excluding hydrogens is 371 g/mol. The molecule has 0 saturated heterocycles. The number of aromatic nitrogens is 4. The highest BCUT2D eigenvalue weighted by Gasteiger charge is 2.19. The van der Waals surface area contributed by atoms with Crippen molar-refractivity contribution < 1.29 is 14.0 Å². The number of nitrogens with one attached hydrogen (secondary N) is 1. The highest BCUT2D eigenvalue weighted by atomic mass is 35.5. The number of hydrogen-bond acceptors (Lipinski definition) is 6. The van der Waals surface area contributed by atoms with Crippen LogP contribution in [0.25, 0.3) is 11.5 Å². The molecule has 2 amide bonds. The Morgan fingerprint density at radius 2 is 1.92 bits per heavy atom. The van der Waals surface area contributed by atoms with Crippen LogP contribution in [0.5, 0.6) is 0 Å². The van der Waals surface area contributed by atoms with E-state index in [1.54, 1.807) is 7.05 Å². The van der Waals surface area contributed by atoms with Crippen LogP contribution in [0.3, 0.4) is 0 Å². The monoisotopic (exact) mass is 380 g/mol. The predicted octanol–water partition coefficient (Wildman–Crippen LogP) is 2.13. The molecule has 9 nitrogen and oxygen atoms in total. The Labute approximate surface area is 150 Å². The minimum Gasteiger partial charge on any atom is -0.444 e. The molecule has 0 unspecified atom stereocenters. The molecule has 0 fully saturated rings. The third-order valence-corrected chi connectivity index (χ3v) is 3.44. The van der Waals surface area contributed by atoms with E-state index in [1.807, 2.05) is 0 Å². The second kappa shape index (κ2) is 6.54. The molecular formula is C14H10Cl2N6O3. The lowest BCUT2D eigenvalue weighted by Crippen LogP contribution is -2.18. The zero-order chi connectivity index (χ0) is 18.1. The minimum atomic E-state index is -0.766.